The van der Waals surface area contributed by atoms with Crippen molar-refractivity contribution in [1.29, 1.82) is 0 Å². The molecule has 1 aromatic heterocycles. The third kappa shape index (κ3) is 3.91. The van der Waals surface area contributed by atoms with Gasteiger partial charge in [-0.15, -0.1) is 0 Å². The zero-order valence-electron chi connectivity index (χ0n) is 16.1. The standard InChI is InChI=1S/C21H20FN3O4/c1-27-16-7-14(8-17(10-16)28-2)20-23-21(29-24-20)15-9-19(26)25(12-15)11-13-5-3-4-6-18(13)22/h3-8,10,15H,9,11-12H2,1-2H3. The van der Waals surface area contributed by atoms with Crippen molar-refractivity contribution in [3.8, 4) is 22.9 Å². The molecule has 0 N–H and O–H groups in total. The van der Waals surface area contributed by atoms with Gasteiger partial charge in [0.1, 0.15) is 17.3 Å². The van der Waals surface area contributed by atoms with Gasteiger partial charge in [-0.05, 0) is 18.2 Å². The number of hydrogen-bond donors (Lipinski definition) is 0. The number of carbonyl (C=O) groups is 1. The Labute approximate surface area is 167 Å². The smallest absolute Gasteiger partial charge is 0.232 e. The average molecular weight is 397 g/mol. The highest BCUT2D eigenvalue weighted by molar-refractivity contribution is 5.79. The van der Waals surface area contributed by atoms with Crippen LogP contribution in [-0.4, -0.2) is 41.7 Å². The highest BCUT2D eigenvalue weighted by atomic mass is 19.1. The predicted octanol–water partition coefficient (Wildman–Crippen LogP) is 3.41. The SMILES string of the molecule is COc1cc(OC)cc(-c2noc(C3CC(=O)N(Cc4ccccc4F)C3)n2)c1. The number of carbonyl (C=O) groups excluding carboxylic acids is 1. The fraction of sp³-hybridized carbons (Fsp3) is 0.286. The summed E-state index contributed by atoms with van der Waals surface area (Å²) < 4.78 is 29.9. The first kappa shape index (κ1) is 18.9. The third-order valence-corrected chi connectivity index (χ3v) is 4.93. The van der Waals surface area contributed by atoms with Gasteiger partial charge in [0, 0.05) is 36.7 Å². The molecule has 29 heavy (non-hydrogen) atoms. The van der Waals surface area contributed by atoms with Crippen molar-refractivity contribution in [1.82, 2.24) is 15.0 Å². The minimum Gasteiger partial charge on any atom is -0.497 e. The number of halogens is 1. The Bertz CT molecular complexity index is 1010. The van der Waals surface area contributed by atoms with E-state index in [9.17, 15) is 9.18 Å². The maximum Gasteiger partial charge on any atom is 0.232 e. The monoisotopic (exact) mass is 397 g/mol. The molecule has 7 nitrogen and oxygen atoms in total. The second-order valence-corrected chi connectivity index (χ2v) is 6.82. The first-order valence-electron chi connectivity index (χ1n) is 9.15. The van der Waals surface area contributed by atoms with Crippen LogP contribution >= 0.6 is 0 Å². The summed E-state index contributed by atoms with van der Waals surface area (Å²) in [6.45, 7) is 0.617. The fourth-order valence-electron chi connectivity index (χ4n) is 3.38. The first-order valence-corrected chi connectivity index (χ1v) is 9.15. The van der Waals surface area contributed by atoms with Crippen molar-refractivity contribution in [3.63, 3.8) is 0 Å². The molecule has 1 saturated heterocycles. The molecule has 0 radical (unpaired) electrons. The van der Waals surface area contributed by atoms with Crippen LogP contribution in [0.3, 0.4) is 0 Å². The highest BCUT2D eigenvalue weighted by Gasteiger charge is 2.34. The quantitative estimate of drug-likeness (QED) is 0.634. The van der Waals surface area contributed by atoms with Gasteiger partial charge >= 0.3 is 0 Å². The van der Waals surface area contributed by atoms with Crippen molar-refractivity contribution in [2.45, 2.75) is 18.9 Å². The molecule has 3 aromatic rings. The lowest BCUT2D eigenvalue weighted by Gasteiger charge is -2.16. The summed E-state index contributed by atoms with van der Waals surface area (Å²) in [5.74, 6) is 1.36. The van der Waals surface area contributed by atoms with Gasteiger partial charge in [0.15, 0.2) is 0 Å². The van der Waals surface area contributed by atoms with E-state index in [0.717, 1.165) is 0 Å². The van der Waals surface area contributed by atoms with Gasteiger partial charge in [0.2, 0.25) is 17.6 Å². The Morgan fingerprint density at radius 1 is 1.17 bits per heavy atom. The second kappa shape index (κ2) is 7.90. The van der Waals surface area contributed by atoms with E-state index < -0.39 is 0 Å². The summed E-state index contributed by atoms with van der Waals surface area (Å²) in [6.07, 6.45) is 0.248. The molecule has 1 amide bonds. The van der Waals surface area contributed by atoms with Crippen LogP contribution in [0.1, 0.15) is 23.8 Å². The number of hydrogen-bond acceptors (Lipinski definition) is 6. The molecule has 4 rings (SSSR count). The van der Waals surface area contributed by atoms with Gasteiger partial charge < -0.3 is 18.9 Å². The van der Waals surface area contributed by atoms with Crippen LogP contribution in [0.4, 0.5) is 4.39 Å². The number of methoxy groups -OCH3 is 2. The molecule has 150 valence electrons. The molecule has 2 aromatic carbocycles. The highest BCUT2D eigenvalue weighted by Crippen LogP contribution is 2.32. The van der Waals surface area contributed by atoms with Crippen molar-refractivity contribution in [3.05, 3.63) is 59.7 Å². The van der Waals surface area contributed by atoms with Gasteiger partial charge in [0.05, 0.1) is 20.1 Å². The zero-order chi connectivity index (χ0) is 20.4. The summed E-state index contributed by atoms with van der Waals surface area (Å²) in [6, 6.07) is 11.8. The summed E-state index contributed by atoms with van der Waals surface area (Å²) in [4.78, 5) is 18.5. The topological polar surface area (TPSA) is 77.7 Å². The minimum atomic E-state index is -0.323. The van der Waals surface area contributed by atoms with Crippen LogP contribution in [0.25, 0.3) is 11.4 Å². The third-order valence-electron chi connectivity index (χ3n) is 4.93. The van der Waals surface area contributed by atoms with E-state index in [1.54, 1.807) is 55.5 Å². The maximum atomic E-state index is 13.9. The molecule has 1 aliphatic heterocycles. The van der Waals surface area contributed by atoms with E-state index in [-0.39, 0.29) is 30.6 Å². The van der Waals surface area contributed by atoms with E-state index in [4.69, 9.17) is 14.0 Å². The van der Waals surface area contributed by atoms with E-state index >= 15 is 0 Å². The Hall–Kier alpha value is -3.42. The number of ether oxygens (including phenoxy) is 2. The number of amides is 1. The molecule has 1 aliphatic rings. The Morgan fingerprint density at radius 3 is 2.59 bits per heavy atom. The average Bonchev–Trinajstić information content (AvgIpc) is 3.36. The Kier molecular flexibility index (Phi) is 5.16. The second-order valence-electron chi connectivity index (χ2n) is 6.82. The first-order chi connectivity index (χ1) is 14.1. The minimum absolute atomic E-state index is 0.0685. The van der Waals surface area contributed by atoms with Crippen LogP contribution in [-0.2, 0) is 11.3 Å². The van der Waals surface area contributed by atoms with E-state index in [1.807, 2.05) is 0 Å². The summed E-state index contributed by atoms with van der Waals surface area (Å²) in [7, 11) is 3.13. The molecule has 8 heteroatoms. The number of benzene rings is 2. The van der Waals surface area contributed by atoms with Gasteiger partial charge in [0.25, 0.3) is 0 Å². The largest absolute Gasteiger partial charge is 0.497 e. The van der Waals surface area contributed by atoms with Gasteiger partial charge in [-0.2, -0.15) is 4.98 Å². The molecule has 0 spiro atoms. The van der Waals surface area contributed by atoms with Gasteiger partial charge in [-0.25, -0.2) is 4.39 Å². The molecular weight excluding hydrogens is 377 g/mol. The van der Waals surface area contributed by atoms with Crippen molar-refractivity contribution < 1.29 is 23.2 Å². The lowest BCUT2D eigenvalue weighted by molar-refractivity contribution is -0.128. The summed E-state index contributed by atoms with van der Waals surface area (Å²) in [5.41, 5.74) is 1.17. The van der Waals surface area contributed by atoms with Crippen LogP contribution in [0, 0.1) is 5.82 Å². The molecule has 0 aliphatic carbocycles. The Morgan fingerprint density at radius 2 is 1.90 bits per heavy atom. The van der Waals surface area contributed by atoms with Gasteiger partial charge in [-0.1, -0.05) is 23.4 Å². The van der Waals surface area contributed by atoms with E-state index in [2.05, 4.69) is 10.1 Å². The van der Waals surface area contributed by atoms with Crippen LogP contribution in [0.5, 0.6) is 11.5 Å². The normalized spacial score (nSPS) is 16.3. The number of aromatic nitrogens is 2. The predicted molar refractivity (Wildman–Crippen MR) is 102 cm³/mol. The number of nitrogens with zero attached hydrogens (tertiary/aromatic N) is 3. The summed E-state index contributed by atoms with van der Waals surface area (Å²) in [5, 5.41) is 4.04. The maximum absolute atomic E-state index is 13.9. The van der Waals surface area contributed by atoms with Crippen molar-refractivity contribution in [2.75, 3.05) is 20.8 Å². The van der Waals surface area contributed by atoms with E-state index in [1.165, 1.54) is 6.07 Å². The fourth-order valence-corrected chi connectivity index (χ4v) is 3.38. The van der Waals surface area contributed by atoms with E-state index in [0.29, 0.717) is 40.9 Å². The van der Waals surface area contributed by atoms with Crippen LogP contribution in [0.15, 0.2) is 47.0 Å². The molecular formula is C21H20FN3O4. The molecule has 0 bridgehead atoms. The van der Waals surface area contributed by atoms with Crippen molar-refractivity contribution >= 4 is 5.91 Å². The molecule has 1 atom stereocenters. The van der Waals surface area contributed by atoms with Crippen molar-refractivity contribution in [2.24, 2.45) is 0 Å². The zero-order valence-corrected chi connectivity index (χ0v) is 16.1. The Balaban J connectivity index is 1.52. The lowest BCUT2D eigenvalue weighted by Crippen LogP contribution is -2.24. The lowest BCUT2D eigenvalue weighted by atomic mass is 10.1. The number of rotatable bonds is 6. The van der Waals surface area contributed by atoms with Crippen LogP contribution in [0.2, 0.25) is 0 Å². The van der Waals surface area contributed by atoms with Gasteiger partial charge in [-0.3, -0.25) is 4.79 Å². The number of likely N-dealkylation sites (tertiary alicyclic amines) is 1. The molecule has 2 heterocycles. The molecule has 1 unspecified atom stereocenters. The molecule has 0 saturated carbocycles. The molecule has 1 fully saturated rings. The summed E-state index contributed by atoms with van der Waals surface area (Å²) >= 11 is 0. The van der Waals surface area contributed by atoms with Crippen LogP contribution < -0.4 is 9.47 Å².